The first kappa shape index (κ1) is 19.0. The highest BCUT2D eigenvalue weighted by Crippen LogP contribution is 2.19. The van der Waals surface area contributed by atoms with Gasteiger partial charge in [-0.2, -0.15) is 20.2 Å². The minimum absolute atomic E-state index is 0.130. The van der Waals surface area contributed by atoms with Crippen LogP contribution in [0, 0.1) is 11.5 Å². The summed E-state index contributed by atoms with van der Waals surface area (Å²) in [4.78, 5) is 30.0. The Balaban J connectivity index is 3.22. The molecule has 1 atom stereocenters. The van der Waals surface area contributed by atoms with E-state index in [9.17, 15) is 10.1 Å². The highest BCUT2D eigenvalue weighted by molar-refractivity contribution is 7.98. The van der Waals surface area contributed by atoms with Crippen molar-refractivity contribution in [3.05, 3.63) is 0 Å². The SMILES string of the molecule is CCN(CC)C(=O)[C@H](C)N(C#N)c1nc(SC)nc(N(C)C)n1. The van der Waals surface area contributed by atoms with Gasteiger partial charge in [0, 0.05) is 27.2 Å². The second-order valence-corrected chi connectivity index (χ2v) is 5.75. The van der Waals surface area contributed by atoms with E-state index < -0.39 is 6.04 Å². The van der Waals surface area contributed by atoms with E-state index in [-0.39, 0.29) is 11.9 Å². The average Bonchev–Trinajstić information content (AvgIpc) is 2.55. The summed E-state index contributed by atoms with van der Waals surface area (Å²) in [5.74, 6) is 0.500. The minimum atomic E-state index is -0.674. The van der Waals surface area contributed by atoms with Crippen molar-refractivity contribution in [1.29, 1.82) is 5.26 Å². The summed E-state index contributed by atoms with van der Waals surface area (Å²) < 4.78 is 0. The smallest absolute Gasteiger partial charge is 0.246 e. The Morgan fingerprint density at radius 2 is 1.78 bits per heavy atom. The second-order valence-electron chi connectivity index (χ2n) is 4.97. The van der Waals surface area contributed by atoms with Crippen molar-refractivity contribution in [2.45, 2.75) is 32.0 Å². The van der Waals surface area contributed by atoms with Gasteiger partial charge in [-0.1, -0.05) is 11.8 Å². The number of rotatable bonds is 7. The molecule has 0 N–H and O–H groups in total. The third-order valence-electron chi connectivity index (χ3n) is 3.32. The van der Waals surface area contributed by atoms with Crippen molar-refractivity contribution >= 4 is 29.6 Å². The fraction of sp³-hybridized carbons (Fsp3) is 0.643. The zero-order valence-electron chi connectivity index (χ0n) is 14.4. The molecule has 1 amide bonds. The maximum atomic E-state index is 12.5. The van der Waals surface area contributed by atoms with Crippen LogP contribution < -0.4 is 9.80 Å². The van der Waals surface area contributed by atoms with Crippen LogP contribution in [0.15, 0.2) is 5.16 Å². The summed E-state index contributed by atoms with van der Waals surface area (Å²) in [6.07, 6.45) is 3.87. The van der Waals surface area contributed by atoms with E-state index in [1.807, 2.05) is 40.4 Å². The molecule has 0 unspecified atom stereocenters. The quantitative estimate of drug-likeness (QED) is 0.416. The van der Waals surface area contributed by atoms with E-state index in [1.54, 1.807) is 16.7 Å². The maximum Gasteiger partial charge on any atom is 0.246 e. The van der Waals surface area contributed by atoms with Crippen molar-refractivity contribution in [2.75, 3.05) is 43.2 Å². The molecule has 23 heavy (non-hydrogen) atoms. The van der Waals surface area contributed by atoms with Gasteiger partial charge in [0.2, 0.25) is 17.8 Å². The van der Waals surface area contributed by atoms with Crippen LogP contribution in [0.25, 0.3) is 0 Å². The molecule has 0 aliphatic rings. The molecule has 0 aromatic carbocycles. The van der Waals surface area contributed by atoms with Gasteiger partial charge in [-0.05, 0) is 27.0 Å². The molecule has 0 radical (unpaired) electrons. The fourth-order valence-corrected chi connectivity index (χ4v) is 2.29. The molecule has 9 heteroatoms. The molecule has 1 heterocycles. The van der Waals surface area contributed by atoms with E-state index in [2.05, 4.69) is 15.0 Å². The summed E-state index contributed by atoms with van der Waals surface area (Å²) in [6, 6.07) is -0.674. The third kappa shape index (κ3) is 4.45. The average molecular weight is 337 g/mol. The highest BCUT2D eigenvalue weighted by Gasteiger charge is 2.28. The van der Waals surface area contributed by atoms with Crippen LogP contribution in [0.2, 0.25) is 0 Å². The number of likely N-dealkylation sites (N-methyl/N-ethyl adjacent to an activating group) is 1. The number of hydrogen-bond acceptors (Lipinski definition) is 8. The van der Waals surface area contributed by atoms with Crippen LogP contribution in [0.3, 0.4) is 0 Å². The fourth-order valence-electron chi connectivity index (χ4n) is 1.95. The molecule has 0 fully saturated rings. The predicted molar refractivity (Wildman–Crippen MR) is 91.4 cm³/mol. The van der Waals surface area contributed by atoms with E-state index in [4.69, 9.17) is 0 Å². The zero-order chi connectivity index (χ0) is 17.6. The minimum Gasteiger partial charge on any atom is -0.347 e. The lowest BCUT2D eigenvalue weighted by atomic mass is 10.2. The van der Waals surface area contributed by atoms with Crippen LogP contribution in [-0.4, -0.2) is 65.2 Å². The largest absolute Gasteiger partial charge is 0.347 e. The standard InChI is InChI=1S/C14H23N7OS/c1-7-20(8-2)11(22)10(3)21(9-15)13-16-12(19(4)5)17-14(18-13)23-6/h10H,7-8H2,1-6H3/t10-/m0/s1. The lowest BCUT2D eigenvalue weighted by Gasteiger charge is -2.27. The topological polar surface area (TPSA) is 89.2 Å². The van der Waals surface area contributed by atoms with Gasteiger partial charge in [0.1, 0.15) is 6.04 Å². The van der Waals surface area contributed by atoms with Gasteiger partial charge in [-0.15, -0.1) is 0 Å². The van der Waals surface area contributed by atoms with Crippen molar-refractivity contribution < 1.29 is 4.79 Å². The van der Waals surface area contributed by atoms with Crippen LogP contribution in [0.4, 0.5) is 11.9 Å². The molecular weight excluding hydrogens is 314 g/mol. The second kappa shape index (κ2) is 8.53. The zero-order valence-corrected chi connectivity index (χ0v) is 15.3. The number of anilines is 2. The molecule has 8 nitrogen and oxygen atoms in total. The van der Waals surface area contributed by atoms with E-state index >= 15 is 0 Å². The van der Waals surface area contributed by atoms with Crippen molar-refractivity contribution in [3.63, 3.8) is 0 Å². The Morgan fingerprint density at radius 1 is 1.22 bits per heavy atom. The first-order chi connectivity index (χ1) is 10.9. The Hall–Kier alpha value is -2.08. The van der Waals surface area contributed by atoms with Crippen molar-refractivity contribution in [2.24, 2.45) is 0 Å². The number of amides is 1. The van der Waals surface area contributed by atoms with Gasteiger partial charge in [-0.3, -0.25) is 4.79 Å². The van der Waals surface area contributed by atoms with Crippen LogP contribution in [0.1, 0.15) is 20.8 Å². The Bertz CT molecular complexity index is 583. The van der Waals surface area contributed by atoms with Crippen molar-refractivity contribution in [3.8, 4) is 6.19 Å². The van der Waals surface area contributed by atoms with Crippen LogP contribution in [0.5, 0.6) is 0 Å². The Labute approximate surface area is 141 Å². The number of nitriles is 1. The molecule has 1 aromatic rings. The summed E-state index contributed by atoms with van der Waals surface area (Å²) >= 11 is 1.36. The summed E-state index contributed by atoms with van der Waals surface area (Å²) in [6.45, 7) is 6.68. The monoisotopic (exact) mass is 337 g/mol. The molecular formula is C14H23N7OS. The molecule has 0 saturated heterocycles. The van der Waals surface area contributed by atoms with Gasteiger partial charge in [0.05, 0.1) is 0 Å². The third-order valence-corrected chi connectivity index (χ3v) is 3.86. The van der Waals surface area contributed by atoms with E-state index in [0.717, 1.165) is 0 Å². The molecule has 0 spiro atoms. The van der Waals surface area contributed by atoms with Gasteiger partial charge in [-0.25, -0.2) is 4.90 Å². The van der Waals surface area contributed by atoms with Crippen LogP contribution in [-0.2, 0) is 4.79 Å². The first-order valence-electron chi connectivity index (χ1n) is 7.34. The molecule has 1 aromatic heterocycles. The first-order valence-corrected chi connectivity index (χ1v) is 8.57. The lowest BCUT2D eigenvalue weighted by molar-refractivity contribution is -0.131. The summed E-state index contributed by atoms with van der Waals surface area (Å²) in [7, 11) is 3.62. The molecule has 0 bridgehead atoms. The highest BCUT2D eigenvalue weighted by atomic mass is 32.2. The van der Waals surface area contributed by atoms with Gasteiger partial charge in [0.25, 0.3) is 0 Å². The number of hydrogen-bond donors (Lipinski definition) is 0. The van der Waals surface area contributed by atoms with E-state index in [0.29, 0.717) is 24.2 Å². The number of thioether (sulfide) groups is 1. The molecule has 0 aliphatic heterocycles. The normalized spacial score (nSPS) is 11.5. The number of carbonyl (C=O) groups excluding carboxylic acids is 1. The van der Waals surface area contributed by atoms with Crippen LogP contribution >= 0.6 is 11.8 Å². The summed E-state index contributed by atoms with van der Waals surface area (Å²) in [5, 5.41) is 10.0. The molecule has 1 rings (SSSR count). The van der Waals surface area contributed by atoms with Crippen molar-refractivity contribution in [1.82, 2.24) is 19.9 Å². The number of carbonyl (C=O) groups is 1. The number of nitrogens with zero attached hydrogens (tertiary/aromatic N) is 7. The summed E-state index contributed by atoms with van der Waals surface area (Å²) in [5.41, 5.74) is 0. The van der Waals surface area contributed by atoms with Gasteiger partial charge in [0.15, 0.2) is 11.3 Å². The Kier molecular flexibility index (Phi) is 7.03. The lowest BCUT2D eigenvalue weighted by Crippen LogP contribution is -2.46. The molecule has 0 saturated carbocycles. The molecule has 126 valence electrons. The molecule has 0 aliphatic carbocycles. The maximum absolute atomic E-state index is 12.5. The van der Waals surface area contributed by atoms with Gasteiger partial charge >= 0.3 is 0 Å². The van der Waals surface area contributed by atoms with Gasteiger partial charge < -0.3 is 9.80 Å². The van der Waals surface area contributed by atoms with E-state index in [1.165, 1.54) is 16.7 Å². The number of aromatic nitrogens is 3. The Morgan fingerprint density at radius 3 is 2.22 bits per heavy atom. The predicted octanol–water partition coefficient (Wildman–Crippen LogP) is 1.20.